The molecule has 1 aliphatic rings. The van der Waals surface area contributed by atoms with Crippen molar-refractivity contribution in [2.45, 2.75) is 0 Å². The summed E-state index contributed by atoms with van der Waals surface area (Å²) in [6.07, 6.45) is 1.93. The van der Waals surface area contributed by atoms with Gasteiger partial charge in [-0.25, -0.2) is 4.98 Å². The van der Waals surface area contributed by atoms with Gasteiger partial charge in [0.1, 0.15) is 26.2 Å². The minimum Gasteiger partial charge on any atom is -0.365 e. The van der Waals surface area contributed by atoms with E-state index in [0.717, 1.165) is 32.0 Å². The van der Waals surface area contributed by atoms with Gasteiger partial charge in [0, 0.05) is 6.07 Å². The molecule has 1 saturated heterocycles. The van der Waals surface area contributed by atoms with E-state index in [4.69, 9.17) is 5.73 Å². The van der Waals surface area contributed by atoms with Crippen molar-refractivity contribution in [3.8, 4) is 0 Å². The fraction of sp³-hybridized carbons (Fsp3) is 0.455. The first-order valence-electron chi connectivity index (χ1n) is 5.59. The summed E-state index contributed by atoms with van der Waals surface area (Å²) >= 11 is 0. The Kier molecular flexibility index (Phi) is 3.36. The maximum Gasteiger partial charge on any atom is 0.274 e. The van der Waals surface area contributed by atoms with Crippen molar-refractivity contribution in [3.63, 3.8) is 0 Å². The van der Waals surface area contributed by atoms with Crippen LogP contribution in [0, 0.1) is 0 Å². The highest BCUT2D eigenvalue weighted by molar-refractivity contribution is 5.74. The molecule has 0 spiro atoms. The van der Waals surface area contributed by atoms with Gasteiger partial charge in [-0.05, 0) is 6.07 Å². The number of carbonyl (C=O) groups excluding carboxylic acids is 1. The van der Waals surface area contributed by atoms with Crippen LogP contribution in [0.3, 0.4) is 0 Å². The zero-order chi connectivity index (χ0) is 11.4. The molecule has 4 N–H and O–H groups in total. The number of hydrogen-bond acceptors (Lipinski definition) is 2. The van der Waals surface area contributed by atoms with Gasteiger partial charge in [-0.3, -0.25) is 9.69 Å². The summed E-state index contributed by atoms with van der Waals surface area (Å²) < 4.78 is 0. The van der Waals surface area contributed by atoms with Gasteiger partial charge >= 0.3 is 0 Å². The molecule has 1 fully saturated rings. The molecule has 0 radical (unpaired) electrons. The maximum absolute atomic E-state index is 10.8. The lowest BCUT2D eigenvalue weighted by Crippen LogP contribution is -3.15. The van der Waals surface area contributed by atoms with E-state index >= 15 is 0 Å². The van der Waals surface area contributed by atoms with E-state index in [1.54, 1.807) is 0 Å². The highest BCUT2D eigenvalue weighted by Gasteiger charge is 2.26. The predicted octanol–water partition coefficient (Wildman–Crippen LogP) is -2.31. The molecule has 2 heterocycles. The molecule has 5 nitrogen and oxygen atoms in total. The van der Waals surface area contributed by atoms with Crippen LogP contribution in [-0.4, -0.2) is 38.6 Å². The molecule has 0 atom stereocenters. The number of nitrogens with one attached hydrogen (secondary N) is 2. The fourth-order valence-corrected chi connectivity index (χ4v) is 2.07. The molecular formula is C11H18N4O+2. The average Bonchev–Trinajstić information content (AvgIpc) is 2.30. The second kappa shape index (κ2) is 4.94. The molecule has 16 heavy (non-hydrogen) atoms. The summed E-state index contributed by atoms with van der Waals surface area (Å²) in [5.74, 6) is 0.926. The Morgan fingerprint density at radius 3 is 2.75 bits per heavy atom. The SMILES string of the molecule is NC(=O)C[NH+]1CCN(c2cccc[nH+]2)CC1. The number of anilines is 1. The smallest absolute Gasteiger partial charge is 0.274 e. The number of pyridine rings is 1. The third-order valence-electron chi connectivity index (χ3n) is 2.93. The number of quaternary nitrogens is 1. The van der Waals surface area contributed by atoms with Crippen LogP contribution in [0.25, 0.3) is 0 Å². The van der Waals surface area contributed by atoms with E-state index in [0.29, 0.717) is 6.54 Å². The van der Waals surface area contributed by atoms with Crippen LogP contribution >= 0.6 is 0 Å². The van der Waals surface area contributed by atoms with E-state index in [2.05, 4.69) is 16.0 Å². The molecule has 1 amide bonds. The van der Waals surface area contributed by atoms with E-state index in [1.807, 2.05) is 18.3 Å². The Balaban J connectivity index is 1.88. The quantitative estimate of drug-likeness (QED) is 0.603. The van der Waals surface area contributed by atoms with Crippen LogP contribution in [0.4, 0.5) is 5.82 Å². The lowest BCUT2D eigenvalue weighted by molar-refractivity contribution is -0.892. The minimum absolute atomic E-state index is 0.213. The molecule has 0 bridgehead atoms. The highest BCUT2D eigenvalue weighted by atomic mass is 16.1. The largest absolute Gasteiger partial charge is 0.365 e. The number of hydrogen-bond donors (Lipinski definition) is 2. The molecule has 0 aromatic carbocycles. The molecular weight excluding hydrogens is 204 g/mol. The van der Waals surface area contributed by atoms with Crippen LogP contribution in [0.2, 0.25) is 0 Å². The number of aromatic nitrogens is 1. The summed E-state index contributed by atoms with van der Waals surface area (Å²) in [5.41, 5.74) is 5.19. The normalized spacial score (nSPS) is 17.4. The summed E-state index contributed by atoms with van der Waals surface area (Å²) in [5, 5.41) is 0. The van der Waals surface area contributed by atoms with Crippen molar-refractivity contribution in [2.24, 2.45) is 5.73 Å². The number of nitrogens with zero attached hydrogens (tertiary/aromatic N) is 1. The minimum atomic E-state index is -0.213. The van der Waals surface area contributed by atoms with E-state index in [-0.39, 0.29) is 5.91 Å². The molecule has 1 aromatic heterocycles. The van der Waals surface area contributed by atoms with Crippen LogP contribution in [0.1, 0.15) is 0 Å². The number of nitrogens with two attached hydrogens (primary N) is 1. The molecule has 1 aromatic rings. The lowest BCUT2D eigenvalue weighted by atomic mass is 10.3. The molecule has 2 rings (SSSR count). The number of H-pyrrole nitrogens is 1. The number of primary amides is 1. The molecule has 0 unspecified atom stereocenters. The second-order valence-corrected chi connectivity index (χ2v) is 4.13. The van der Waals surface area contributed by atoms with Gasteiger partial charge in [0.05, 0.1) is 6.20 Å². The zero-order valence-corrected chi connectivity index (χ0v) is 9.28. The van der Waals surface area contributed by atoms with Gasteiger partial charge in [-0.2, -0.15) is 0 Å². The van der Waals surface area contributed by atoms with E-state index in [9.17, 15) is 4.79 Å². The Labute approximate surface area is 94.9 Å². The number of piperazine rings is 1. The Hall–Kier alpha value is -1.62. The molecule has 0 saturated carbocycles. The van der Waals surface area contributed by atoms with Gasteiger partial charge in [-0.15, -0.1) is 0 Å². The summed E-state index contributed by atoms with van der Waals surface area (Å²) in [7, 11) is 0. The van der Waals surface area contributed by atoms with Crippen molar-refractivity contribution in [3.05, 3.63) is 24.4 Å². The summed E-state index contributed by atoms with van der Waals surface area (Å²) in [4.78, 5) is 17.6. The number of carbonyl (C=O) groups is 1. The number of aromatic amines is 1. The van der Waals surface area contributed by atoms with Crippen molar-refractivity contribution < 1.29 is 14.7 Å². The average molecular weight is 222 g/mol. The third kappa shape index (κ3) is 2.70. The van der Waals surface area contributed by atoms with Crippen molar-refractivity contribution >= 4 is 11.7 Å². The van der Waals surface area contributed by atoms with Crippen LogP contribution in [0.5, 0.6) is 0 Å². The fourth-order valence-electron chi connectivity index (χ4n) is 2.07. The molecule has 86 valence electrons. The second-order valence-electron chi connectivity index (χ2n) is 4.13. The predicted molar refractivity (Wildman–Crippen MR) is 60.0 cm³/mol. The highest BCUT2D eigenvalue weighted by Crippen LogP contribution is 2.04. The topological polar surface area (TPSA) is 64.9 Å². The van der Waals surface area contributed by atoms with Gasteiger partial charge in [0.25, 0.3) is 11.7 Å². The molecule has 0 aliphatic carbocycles. The van der Waals surface area contributed by atoms with Gasteiger partial charge in [-0.1, -0.05) is 6.07 Å². The summed E-state index contributed by atoms with van der Waals surface area (Å²) in [6.45, 7) is 4.30. The Morgan fingerprint density at radius 2 is 2.19 bits per heavy atom. The molecule has 5 heteroatoms. The van der Waals surface area contributed by atoms with Crippen LogP contribution < -0.4 is 20.5 Å². The number of amides is 1. The first-order chi connectivity index (χ1) is 7.75. The van der Waals surface area contributed by atoms with Gasteiger partial charge < -0.3 is 10.6 Å². The third-order valence-corrected chi connectivity index (χ3v) is 2.93. The van der Waals surface area contributed by atoms with Crippen LogP contribution in [-0.2, 0) is 4.79 Å². The lowest BCUT2D eigenvalue weighted by Gasteiger charge is -2.27. The van der Waals surface area contributed by atoms with Gasteiger partial charge in [0.15, 0.2) is 6.54 Å². The van der Waals surface area contributed by atoms with Gasteiger partial charge in [0.2, 0.25) is 0 Å². The standard InChI is InChI=1S/C11H16N4O/c12-10(16)9-14-5-7-15(8-6-14)11-3-1-2-4-13-11/h1-4H,5-9H2,(H2,12,16)/p+2. The first-order valence-corrected chi connectivity index (χ1v) is 5.59. The first kappa shape index (κ1) is 10.9. The van der Waals surface area contributed by atoms with Crippen molar-refractivity contribution in [1.82, 2.24) is 0 Å². The van der Waals surface area contributed by atoms with E-state index < -0.39 is 0 Å². The Morgan fingerprint density at radius 1 is 1.44 bits per heavy atom. The number of rotatable bonds is 3. The Bertz CT molecular complexity index is 346. The maximum atomic E-state index is 10.8. The monoisotopic (exact) mass is 222 g/mol. The molecule has 1 aliphatic heterocycles. The zero-order valence-electron chi connectivity index (χ0n) is 9.28. The summed E-state index contributed by atoms with van der Waals surface area (Å²) in [6, 6.07) is 6.06. The van der Waals surface area contributed by atoms with Crippen molar-refractivity contribution in [1.29, 1.82) is 0 Å². The van der Waals surface area contributed by atoms with Crippen molar-refractivity contribution in [2.75, 3.05) is 37.6 Å². The van der Waals surface area contributed by atoms with E-state index in [1.165, 1.54) is 4.90 Å². The van der Waals surface area contributed by atoms with Crippen LogP contribution in [0.15, 0.2) is 24.4 Å².